The van der Waals surface area contributed by atoms with Gasteiger partial charge in [-0.15, -0.1) is 22.7 Å². The summed E-state index contributed by atoms with van der Waals surface area (Å²) in [6.45, 7) is 1.29. The average Bonchev–Trinajstić information content (AvgIpc) is 3.40. The van der Waals surface area contributed by atoms with E-state index in [1.807, 2.05) is 58.1 Å². The van der Waals surface area contributed by atoms with Gasteiger partial charge in [0.25, 0.3) is 0 Å². The van der Waals surface area contributed by atoms with Gasteiger partial charge >= 0.3 is 0 Å². The van der Waals surface area contributed by atoms with Crippen LogP contribution in [0.4, 0.5) is 0 Å². The fraction of sp³-hybridized carbons (Fsp3) is 0.286. The highest BCUT2D eigenvalue weighted by Crippen LogP contribution is 2.28. The lowest BCUT2D eigenvalue weighted by atomic mass is 9.89. The molecule has 0 spiro atoms. The van der Waals surface area contributed by atoms with Gasteiger partial charge in [-0.3, -0.25) is 9.59 Å². The van der Waals surface area contributed by atoms with E-state index in [2.05, 4.69) is 4.98 Å². The summed E-state index contributed by atoms with van der Waals surface area (Å²) in [5.74, 6) is 0.313. The molecule has 1 saturated heterocycles. The Morgan fingerprint density at radius 1 is 1.04 bits per heavy atom. The molecule has 4 nitrogen and oxygen atoms in total. The first-order valence-electron chi connectivity index (χ1n) is 9.06. The topological polar surface area (TPSA) is 50.3 Å². The number of carbonyl (C=O) groups is 2. The standard InChI is InChI=1S/C21H20N2O2S2/c24-19(13-17-14-27-21(22-17)18-7-4-12-26-18)23-10-8-16(9-11-23)20(25)15-5-2-1-3-6-15/h1-7,12,14,16H,8-11,13H2. The summed E-state index contributed by atoms with van der Waals surface area (Å²) < 4.78 is 0. The van der Waals surface area contributed by atoms with Crippen LogP contribution in [0.3, 0.4) is 0 Å². The van der Waals surface area contributed by atoms with E-state index in [9.17, 15) is 9.59 Å². The Morgan fingerprint density at radius 2 is 1.81 bits per heavy atom. The molecule has 0 radical (unpaired) electrons. The van der Waals surface area contributed by atoms with Crippen molar-refractivity contribution in [1.82, 2.24) is 9.88 Å². The summed E-state index contributed by atoms with van der Waals surface area (Å²) in [6, 6.07) is 13.5. The van der Waals surface area contributed by atoms with E-state index in [1.165, 1.54) is 0 Å². The number of amides is 1. The molecule has 1 fully saturated rings. The molecule has 2 aromatic heterocycles. The number of ketones is 1. The molecule has 27 heavy (non-hydrogen) atoms. The van der Waals surface area contributed by atoms with Gasteiger partial charge < -0.3 is 4.90 Å². The van der Waals surface area contributed by atoms with Crippen LogP contribution in [0.15, 0.2) is 53.2 Å². The summed E-state index contributed by atoms with van der Waals surface area (Å²) >= 11 is 3.24. The van der Waals surface area contributed by atoms with Gasteiger partial charge in [0.05, 0.1) is 17.0 Å². The molecular formula is C21H20N2O2S2. The van der Waals surface area contributed by atoms with Crippen LogP contribution in [-0.4, -0.2) is 34.7 Å². The van der Waals surface area contributed by atoms with Crippen molar-refractivity contribution in [1.29, 1.82) is 0 Å². The molecule has 0 bridgehead atoms. The number of rotatable bonds is 5. The van der Waals surface area contributed by atoms with Crippen LogP contribution in [0.1, 0.15) is 28.9 Å². The van der Waals surface area contributed by atoms with Crippen molar-refractivity contribution < 1.29 is 9.59 Å². The average molecular weight is 397 g/mol. The Bertz CT molecular complexity index is 911. The van der Waals surface area contributed by atoms with Crippen LogP contribution in [0.5, 0.6) is 0 Å². The first-order chi connectivity index (χ1) is 13.2. The SMILES string of the molecule is O=C(c1ccccc1)C1CCN(C(=O)Cc2csc(-c3cccs3)n2)CC1. The Hall–Kier alpha value is -2.31. The van der Waals surface area contributed by atoms with E-state index in [4.69, 9.17) is 0 Å². The van der Waals surface area contributed by atoms with Crippen LogP contribution in [0.2, 0.25) is 0 Å². The predicted octanol–water partition coefficient (Wildman–Crippen LogP) is 4.54. The van der Waals surface area contributed by atoms with E-state index in [0.717, 1.165) is 34.0 Å². The van der Waals surface area contributed by atoms with E-state index in [1.54, 1.807) is 22.7 Å². The minimum absolute atomic E-state index is 0.0150. The highest BCUT2D eigenvalue weighted by atomic mass is 32.1. The van der Waals surface area contributed by atoms with Crippen LogP contribution in [0, 0.1) is 5.92 Å². The lowest BCUT2D eigenvalue weighted by Crippen LogP contribution is -2.41. The molecular weight excluding hydrogens is 376 g/mol. The number of thiazole rings is 1. The minimum Gasteiger partial charge on any atom is -0.342 e. The molecule has 3 aromatic rings. The van der Waals surface area contributed by atoms with Crippen molar-refractivity contribution in [2.24, 2.45) is 5.92 Å². The number of likely N-dealkylation sites (tertiary alicyclic amines) is 1. The molecule has 1 aliphatic rings. The number of aromatic nitrogens is 1. The number of hydrogen-bond donors (Lipinski definition) is 0. The molecule has 6 heteroatoms. The maximum Gasteiger partial charge on any atom is 0.228 e. The number of Topliss-reactive ketones (excluding diaryl/α,β-unsaturated/α-hetero) is 1. The Kier molecular flexibility index (Phi) is 5.45. The summed E-state index contributed by atoms with van der Waals surface area (Å²) in [5, 5.41) is 4.97. The van der Waals surface area contributed by atoms with Crippen LogP contribution in [0.25, 0.3) is 9.88 Å². The van der Waals surface area contributed by atoms with Gasteiger partial charge in [0, 0.05) is 30.0 Å². The van der Waals surface area contributed by atoms with Gasteiger partial charge in [-0.2, -0.15) is 0 Å². The number of carbonyl (C=O) groups excluding carboxylic acids is 2. The highest BCUT2D eigenvalue weighted by Gasteiger charge is 2.28. The van der Waals surface area contributed by atoms with E-state index < -0.39 is 0 Å². The molecule has 0 N–H and O–H groups in total. The van der Waals surface area contributed by atoms with Crippen LogP contribution >= 0.6 is 22.7 Å². The van der Waals surface area contributed by atoms with E-state index >= 15 is 0 Å². The fourth-order valence-electron chi connectivity index (χ4n) is 3.40. The fourth-order valence-corrected chi connectivity index (χ4v) is 5.03. The maximum atomic E-state index is 12.6. The molecule has 1 aromatic carbocycles. The second kappa shape index (κ2) is 8.15. The van der Waals surface area contributed by atoms with Crippen LogP contribution in [-0.2, 0) is 11.2 Å². The second-order valence-electron chi connectivity index (χ2n) is 6.68. The van der Waals surface area contributed by atoms with Crippen molar-refractivity contribution in [2.75, 3.05) is 13.1 Å². The largest absolute Gasteiger partial charge is 0.342 e. The molecule has 1 amide bonds. The lowest BCUT2D eigenvalue weighted by molar-refractivity contribution is -0.131. The molecule has 138 valence electrons. The zero-order valence-electron chi connectivity index (χ0n) is 14.8. The van der Waals surface area contributed by atoms with Gasteiger partial charge in [0.1, 0.15) is 5.01 Å². The second-order valence-corrected chi connectivity index (χ2v) is 8.49. The first kappa shape index (κ1) is 18.1. The van der Waals surface area contributed by atoms with Crippen LogP contribution < -0.4 is 0 Å². The van der Waals surface area contributed by atoms with Crippen molar-refractivity contribution in [3.8, 4) is 9.88 Å². The molecule has 0 aliphatic carbocycles. The maximum absolute atomic E-state index is 12.6. The number of hydrogen-bond acceptors (Lipinski definition) is 5. The molecule has 0 unspecified atom stereocenters. The zero-order valence-corrected chi connectivity index (χ0v) is 16.5. The van der Waals surface area contributed by atoms with Crippen molar-refractivity contribution in [3.63, 3.8) is 0 Å². The minimum atomic E-state index is 0.0150. The Labute approximate surface area is 166 Å². The summed E-state index contributed by atoms with van der Waals surface area (Å²) in [5.41, 5.74) is 1.60. The van der Waals surface area contributed by atoms with Gasteiger partial charge in [-0.05, 0) is 24.3 Å². The quantitative estimate of drug-likeness (QED) is 0.595. The molecule has 1 aliphatic heterocycles. The lowest BCUT2D eigenvalue weighted by Gasteiger charge is -2.31. The van der Waals surface area contributed by atoms with Crippen molar-refractivity contribution in [3.05, 3.63) is 64.5 Å². The smallest absolute Gasteiger partial charge is 0.228 e. The third-order valence-corrected chi connectivity index (χ3v) is 6.82. The molecule has 4 rings (SSSR count). The summed E-state index contributed by atoms with van der Waals surface area (Å²) in [4.78, 5) is 32.8. The monoisotopic (exact) mass is 396 g/mol. The normalized spacial score (nSPS) is 15.0. The van der Waals surface area contributed by atoms with Crippen molar-refractivity contribution in [2.45, 2.75) is 19.3 Å². The van der Waals surface area contributed by atoms with E-state index in [0.29, 0.717) is 19.5 Å². The number of nitrogens with zero attached hydrogens (tertiary/aromatic N) is 2. The van der Waals surface area contributed by atoms with E-state index in [-0.39, 0.29) is 17.6 Å². The number of thiophene rings is 1. The molecule has 3 heterocycles. The Morgan fingerprint density at radius 3 is 2.52 bits per heavy atom. The molecule has 0 saturated carbocycles. The third kappa shape index (κ3) is 4.17. The summed E-state index contributed by atoms with van der Waals surface area (Å²) in [6.07, 6.45) is 1.80. The van der Waals surface area contributed by atoms with Crippen molar-refractivity contribution >= 4 is 34.4 Å². The van der Waals surface area contributed by atoms with Gasteiger partial charge in [0.2, 0.25) is 5.91 Å². The highest BCUT2D eigenvalue weighted by molar-refractivity contribution is 7.20. The van der Waals surface area contributed by atoms with Gasteiger partial charge in [-0.1, -0.05) is 36.4 Å². The Balaban J connectivity index is 1.32. The number of benzene rings is 1. The van der Waals surface area contributed by atoms with Gasteiger partial charge in [-0.25, -0.2) is 4.98 Å². The summed E-state index contributed by atoms with van der Waals surface area (Å²) in [7, 11) is 0. The zero-order chi connectivity index (χ0) is 18.6. The first-order valence-corrected chi connectivity index (χ1v) is 10.8. The van der Waals surface area contributed by atoms with Gasteiger partial charge in [0.15, 0.2) is 5.78 Å². The third-order valence-electron chi connectivity index (χ3n) is 4.89. The number of piperidine rings is 1. The predicted molar refractivity (Wildman–Crippen MR) is 109 cm³/mol. The molecule has 0 atom stereocenters.